The molecule has 0 aliphatic rings. The molecule has 3 aromatic rings. The normalized spacial score (nSPS) is 11.2. The first-order valence-corrected chi connectivity index (χ1v) is 9.47. The van der Waals surface area contributed by atoms with Gasteiger partial charge in [0.25, 0.3) is 5.91 Å². The fraction of sp³-hybridized carbons (Fsp3) is 0.316. The van der Waals surface area contributed by atoms with Crippen molar-refractivity contribution >= 4 is 38.6 Å². The summed E-state index contributed by atoms with van der Waals surface area (Å²) in [5.41, 5.74) is 2.29. The highest BCUT2D eigenvalue weighted by atomic mass is 79.9. The van der Waals surface area contributed by atoms with Gasteiger partial charge in [-0.05, 0) is 48.2 Å². The van der Waals surface area contributed by atoms with Gasteiger partial charge in [0.15, 0.2) is 0 Å². The Labute approximate surface area is 170 Å². The zero-order chi connectivity index (χ0) is 20.4. The van der Waals surface area contributed by atoms with Crippen molar-refractivity contribution in [2.75, 3.05) is 32.6 Å². The molecule has 0 aliphatic heterocycles. The molecule has 2 heterocycles. The molecule has 0 spiro atoms. The van der Waals surface area contributed by atoms with E-state index in [-0.39, 0.29) is 11.6 Å². The van der Waals surface area contributed by atoms with Gasteiger partial charge in [-0.2, -0.15) is 0 Å². The molecule has 9 heteroatoms. The SMILES string of the molecule is CN(C)CCOc1cc(NC(=O)c2cc3c(cc2Br)n(C)c(=O)n3C)ccn1. The number of likely N-dealkylation sites (N-methyl/N-ethyl adjacent to an activating group) is 1. The summed E-state index contributed by atoms with van der Waals surface area (Å²) in [6, 6.07) is 6.85. The van der Waals surface area contributed by atoms with E-state index in [0.717, 1.165) is 12.1 Å². The predicted molar refractivity (Wildman–Crippen MR) is 112 cm³/mol. The minimum atomic E-state index is -0.296. The van der Waals surface area contributed by atoms with E-state index in [1.165, 1.54) is 4.57 Å². The van der Waals surface area contributed by atoms with Crippen molar-refractivity contribution in [3.8, 4) is 5.88 Å². The molecule has 0 radical (unpaired) electrons. The Bertz CT molecular complexity index is 1090. The Balaban J connectivity index is 1.82. The zero-order valence-corrected chi connectivity index (χ0v) is 17.8. The van der Waals surface area contributed by atoms with E-state index in [0.29, 0.717) is 33.7 Å². The molecule has 28 heavy (non-hydrogen) atoms. The van der Waals surface area contributed by atoms with Crippen molar-refractivity contribution in [3.05, 3.63) is 51.0 Å². The second kappa shape index (κ2) is 8.15. The fourth-order valence-corrected chi connectivity index (χ4v) is 3.30. The maximum absolute atomic E-state index is 12.8. The van der Waals surface area contributed by atoms with E-state index in [9.17, 15) is 9.59 Å². The number of imidazole rings is 1. The van der Waals surface area contributed by atoms with E-state index in [4.69, 9.17) is 4.74 Å². The van der Waals surface area contributed by atoms with E-state index < -0.39 is 0 Å². The highest BCUT2D eigenvalue weighted by Crippen LogP contribution is 2.25. The number of nitrogens with one attached hydrogen (secondary N) is 1. The summed E-state index contributed by atoms with van der Waals surface area (Å²) in [7, 11) is 7.31. The number of carbonyl (C=O) groups excluding carboxylic acids is 1. The van der Waals surface area contributed by atoms with E-state index in [1.807, 2.05) is 19.0 Å². The maximum atomic E-state index is 12.8. The minimum absolute atomic E-state index is 0.145. The first-order chi connectivity index (χ1) is 13.3. The molecular formula is C19H22BrN5O3. The summed E-state index contributed by atoms with van der Waals surface area (Å²) in [6.45, 7) is 1.27. The number of ether oxygens (including phenoxy) is 1. The molecule has 0 fully saturated rings. The van der Waals surface area contributed by atoms with Crippen LogP contribution in [0.1, 0.15) is 10.4 Å². The molecule has 148 valence electrons. The van der Waals surface area contributed by atoms with Gasteiger partial charge in [-0.3, -0.25) is 13.9 Å². The van der Waals surface area contributed by atoms with Gasteiger partial charge in [0.05, 0.1) is 16.6 Å². The van der Waals surface area contributed by atoms with Crippen LogP contribution >= 0.6 is 15.9 Å². The lowest BCUT2D eigenvalue weighted by Gasteiger charge is -2.12. The Kier molecular flexibility index (Phi) is 5.85. The molecule has 0 atom stereocenters. The Morgan fingerprint density at radius 3 is 2.57 bits per heavy atom. The average Bonchev–Trinajstić information content (AvgIpc) is 2.85. The molecule has 8 nitrogen and oxygen atoms in total. The lowest BCUT2D eigenvalue weighted by atomic mass is 10.2. The fourth-order valence-electron chi connectivity index (χ4n) is 2.79. The number of aryl methyl sites for hydroxylation is 2. The van der Waals surface area contributed by atoms with Crippen LogP contribution in [0.4, 0.5) is 5.69 Å². The van der Waals surface area contributed by atoms with E-state index in [2.05, 4.69) is 26.2 Å². The van der Waals surface area contributed by atoms with Crippen LogP contribution in [0.2, 0.25) is 0 Å². The van der Waals surface area contributed by atoms with Crippen LogP contribution in [0.5, 0.6) is 5.88 Å². The Morgan fingerprint density at radius 1 is 1.21 bits per heavy atom. The third kappa shape index (κ3) is 4.10. The van der Waals surface area contributed by atoms with Crippen molar-refractivity contribution in [2.24, 2.45) is 14.1 Å². The third-order valence-corrected chi connectivity index (χ3v) is 5.04. The molecule has 0 saturated carbocycles. The van der Waals surface area contributed by atoms with Gasteiger partial charge in [0, 0.05) is 43.1 Å². The molecule has 0 aliphatic carbocycles. The lowest BCUT2D eigenvalue weighted by Crippen LogP contribution is -2.19. The topological polar surface area (TPSA) is 81.4 Å². The van der Waals surface area contributed by atoms with Crippen molar-refractivity contribution in [2.45, 2.75) is 0 Å². The summed E-state index contributed by atoms with van der Waals surface area (Å²) >= 11 is 3.43. The number of aromatic nitrogens is 3. The van der Waals surface area contributed by atoms with Gasteiger partial charge >= 0.3 is 5.69 Å². The molecule has 3 rings (SSSR count). The molecule has 0 bridgehead atoms. The van der Waals surface area contributed by atoms with Crippen LogP contribution in [-0.2, 0) is 14.1 Å². The molecular weight excluding hydrogens is 426 g/mol. The monoisotopic (exact) mass is 447 g/mol. The molecule has 0 unspecified atom stereocenters. The molecule has 1 aromatic carbocycles. The van der Waals surface area contributed by atoms with Gasteiger partial charge in [-0.25, -0.2) is 9.78 Å². The van der Waals surface area contributed by atoms with Crippen LogP contribution in [-0.4, -0.2) is 52.2 Å². The summed E-state index contributed by atoms with van der Waals surface area (Å²) in [5.74, 6) is 0.148. The average molecular weight is 448 g/mol. The second-order valence-electron chi connectivity index (χ2n) is 6.71. The van der Waals surface area contributed by atoms with Crippen molar-refractivity contribution < 1.29 is 9.53 Å². The quantitative estimate of drug-likeness (QED) is 0.626. The Hall–Kier alpha value is -2.65. The summed E-state index contributed by atoms with van der Waals surface area (Å²) in [5, 5.41) is 2.85. The standard InChI is InChI=1S/C19H22BrN5O3/c1-23(2)7-8-28-17-9-12(5-6-21-17)22-18(26)13-10-15-16(11-14(13)20)25(4)19(27)24(15)3/h5-6,9-11H,7-8H2,1-4H3,(H,21,22,26). The van der Waals surface area contributed by atoms with Crippen molar-refractivity contribution in [1.82, 2.24) is 19.0 Å². The minimum Gasteiger partial charge on any atom is -0.476 e. The summed E-state index contributed by atoms with van der Waals surface area (Å²) in [6.07, 6.45) is 1.58. The Morgan fingerprint density at radius 2 is 1.89 bits per heavy atom. The second-order valence-corrected chi connectivity index (χ2v) is 7.56. The number of benzene rings is 1. The van der Waals surface area contributed by atoms with E-state index in [1.54, 1.807) is 49.1 Å². The number of hydrogen-bond acceptors (Lipinski definition) is 5. The largest absolute Gasteiger partial charge is 0.476 e. The zero-order valence-electron chi connectivity index (χ0n) is 16.2. The van der Waals surface area contributed by atoms with Gasteiger partial charge in [0.2, 0.25) is 5.88 Å². The third-order valence-electron chi connectivity index (χ3n) is 4.39. The van der Waals surface area contributed by atoms with Crippen molar-refractivity contribution in [1.29, 1.82) is 0 Å². The maximum Gasteiger partial charge on any atom is 0.328 e. The molecule has 1 N–H and O–H groups in total. The van der Waals surface area contributed by atoms with Crippen molar-refractivity contribution in [3.63, 3.8) is 0 Å². The number of hydrogen-bond donors (Lipinski definition) is 1. The number of halogens is 1. The number of rotatable bonds is 6. The number of fused-ring (bicyclic) bond motifs is 1. The highest BCUT2D eigenvalue weighted by Gasteiger charge is 2.16. The van der Waals surface area contributed by atoms with Crippen LogP contribution in [0, 0.1) is 0 Å². The smallest absolute Gasteiger partial charge is 0.328 e. The number of pyridine rings is 1. The van der Waals surface area contributed by atoms with Gasteiger partial charge < -0.3 is 15.0 Å². The van der Waals surface area contributed by atoms with Crippen LogP contribution < -0.4 is 15.7 Å². The van der Waals surface area contributed by atoms with Gasteiger partial charge in [0.1, 0.15) is 6.61 Å². The van der Waals surface area contributed by atoms with Gasteiger partial charge in [-0.15, -0.1) is 0 Å². The summed E-state index contributed by atoms with van der Waals surface area (Å²) in [4.78, 5) is 31.1. The van der Waals surface area contributed by atoms with E-state index >= 15 is 0 Å². The number of carbonyl (C=O) groups is 1. The van der Waals surface area contributed by atoms with Crippen LogP contribution in [0.25, 0.3) is 11.0 Å². The molecule has 0 saturated heterocycles. The number of anilines is 1. The number of amides is 1. The highest BCUT2D eigenvalue weighted by molar-refractivity contribution is 9.10. The van der Waals surface area contributed by atoms with Crippen LogP contribution in [0.15, 0.2) is 39.7 Å². The van der Waals surface area contributed by atoms with Crippen LogP contribution in [0.3, 0.4) is 0 Å². The summed E-state index contributed by atoms with van der Waals surface area (Å²) < 4.78 is 9.27. The van der Waals surface area contributed by atoms with Gasteiger partial charge in [-0.1, -0.05) is 0 Å². The molecule has 1 amide bonds. The first-order valence-electron chi connectivity index (χ1n) is 8.68. The number of nitrogens with zero attached hydrogens (tertiary/aromatic N) is 4. The predicted octanol–water partition coefficient (Wildman–Crippen LogP) is 2.23. The lowest BCUT2D eigenvalue weighted by molar-refractivity contribution is 0.102. The first kappa shape index (κ1) is 20.1. The molecule has 2 aromatic heterocycles.